The number of pyridine rings is 1. The van der Waals surface area contributed by atoms with Gasteiger partial charge in [-0.1, -0.05) is 6.92 Å². The van der Waals surface area contributed by atoms with Gasteiger partial charge in [-0.15, -0.1) is 0 Å². The molecule has 15 heavy (non-hydrogen) atoms. The highest BCUT2D eigenvalue weighted by atomic mass is 16.1. The highest BCUT2D eigenvalue weighted by Gasteiger charge is 2.05. The van der Waals surface area contributed by atoms with E-state index >= 15 is 0 Å². The van der Waals surface area contributed by atoms with Crippen molar-refractivity contribution in [2.75, 3.05) is 18.8 Å². The lowest BCUT2D eigenvalue weighted by molar-refractivity contribution is -0.118. The van der Waals surface area contributed by atoms with E-state index < -0.39 is 0 Å². The molecule has 0 radical (unpaired) electrons. The molecule has 0 unspecified atom stereocenters. The van der Waals surface area contributed by atoms with Crippen LogP contribution in [0.25, 0.3) is 0 Å². The third kappa shape index (κ3) is 4.08. The molecule has 0 spiro atoms. The van der Waals surface area contributed by atoms with Crippen molar-refractivity contribution in [1.82, 2.24) is 10.3 Å². The Balaban J connectivity index is 2.41. The number of rotatable bonds is 6. The summed E-state index contributed by atoms with van der Waals surface area (Å²) in [5.41, 5.74) is 7.17. The second-order valence-electron chi connectivity index (χ2n) is 3.39. The molecule has 4 heteroatoms. The number of nitrogens with two attached hydrogens (primary N) is 1. The lowest BCUT2D eigenvalue weighted by Gasteiger charge is -2.04. The predicted molar refractivity (Wildman–Crippen MR) is 60.5 cm³/mol. The molecule has 1 aromatic heterocycles. The summed E-state index contributed by atoms with van der Waals surface area (Å²) in [4.78, 5) is 15.5. The fourth-order valence-corrected chi connectivity index (χ4v) is 1.29. The highest BCUT2D eigenvalue weighted by Crippen LogP contribution is 2.10. The molecule has 3 N–H and O–H groups in total. The Morgan fingerprint density at radius 2 is 2.40 bits per heavy atom. The van der Waals surface area contributed by atoms with E-state index in [9.17, 15) is 4.79 Å². The van der Waals surface area contributed by atoms with Crippen molar-refractivity contribution in [3.63, 3.8) is 0 Å². The molecule has 0 aromatic carbocycles. The van der Waals surface area contributed by atoms with E-state index in [2.05, 4.69) is 10.3 Å². The quantitative estimate of drug-likeness (QED) is 0.676. The number of Topliss-reactive ketones (excluding diaryl/α,β-unsaturated/α-hetero) is 1. The monoisotopic (exact) mass is 207 g/mol. The van der Waals surface area contributed by atoms with E-state index in [1.807, 2.05) is 6.92 Å². The SMILES string of the molecule is CCNCCC(=O)Cc1cnccc1N. The van der Waals surface area contributed by atoms with E-state index in [0.29, 0.717) is 18.5 Å². The van der Waals surface area contributed by atoms with Crippen LogP contribution >= 0.6 is 0 Å². The summed E-state index contributed by atoms with van der Waals surface area (Å²) in [6.07, 6.45) is 4.20. The van der Waals surface area contributed by atoms with Gasteiger partial charge in [-0.05, 0) is 12.6 Å². The van der Waals surface area contributed by atoms with E-state index in [4.69, 9.17) is 5.73 Å². The lowest BCUT2D eigenvalue weighted by atomic mass is 10.1. The summed E-state index contributed by atoms with van der Waals surface area (Å²) in [6, 6.07) is 1.72. The number of nitrogens with one attached hydrogen (secondary N) is 1. The summed E-state index contributed by atoms with van der Waals surface area (Å²) in [5, 5.41) is 3.11. The summed E-state index contributed by atoms with van der Waals surface area (Å²) in [6.45, 7) is 3.64. The standard InChI is InChI=1S/C11H17N3O/c1-2-13-5-3-10(15)7-9-8-14-6-4-11(9)12/h4,6,8,13H,2-3,5,7H2,1H3,(H2,12,14). The number of nitrogens with zero attached hydrogens (tertiary/aromatic N) is 1. The molecule has 0 saturated heterocycles. The number of anilines is 1. The summed E-state index contributed by atoms with van der Waals surface area (Å²) < 4.78 is 0. The fourth-order valence-electron chi connectivity index (χ4n) is 1.29. The minimum Gasteiger partial charge on any atom is -0.398 e. The molecule has 0 fully saturated rings. The summed E-state index contributed by atoms with van der Waals surface area (Å²) in [7, 11) is 0. The van der Waals surface area contributed by atoms with Gasteiger partial charge in [-0.3, -0.25) is 9.78 Å². The molecule has 1 aromatic rings. The number of hydrogen-bond donors (Lipinski definition) is 2. The molecular weight excluding hydrogens is 190 g/mol. The molecule has 82 valence electrons. The Morgan fingerprint density at radius 1 is 1.60 bits per heavy atom. The summed E-state index contributed by atoms with van der Waals surface area (Å²) >= 11 is 0. The fraction of sp³-hybridized carbons (Fsp3) is 0.455. The van der Waals surface area contributed by atoms with Gasteiger partial charge >= 0.3 is 0 Å². The van der Waals surface area contributed by atoms with Crippen LogP contribution in [0, 0.1) is 0 Å². The van der Waals surface area contributed by atoms with Gasteiger partial charge in [0.1, 0.15) is 5.78 Å². The Bertz CT molecular complexity index is 325. The van der Waals surface area contributed by atoms with Crippen LogP contribution in [0.2, 0.25) is 0 Å². The van der Waals surface area contributed by atoms with E-state index in [1.54, 1.807) is 18.5 Å². The molecule has 0 bridgehead atoms. The predicted octanol–water partition coefficient (Wildman–Crippen LogP) is 0.775. The zero-order valence-electron chi connectivity index (χ0n) is 8.99. The Labute approximate surface area is 89.9 Å². The molecule has 0 aliphatic rings. The topological polar surface area (TPSA) is 68.0 Å². The van der Waals surface area contributed by atoms with E-state index in [-0.39, 0.29) is 5.78 Å². The van der Waals surface area contributed by atoms with Gasteiger partial charge in [0.25, 0.3) is 0 Å². The third-order valence-corrected chi connectivity index (χ3v) is 2.16. The van der Waals surface area contributed by atoms with Crippen molar-refractivity contribution in [3.05, 3.63) is 24.0 Å². The molecule has 0 aliphatic heterocycles. The number of aromatic nitrogens is 1. The number of nitrogen functional groups attached to an aromatic ring is 1. The van der Waals surface area contributed by atoms with Crippen LogP contribution in [0.5, 0.6) is 0 Å². The largest absolute Gasteiger partial charge is 0.398 e. The van der Waals surface area contributed by atoms with Crippen LogP contribution in [0.4, 0.5) is 5.69 Å². The molecule has 1 rings (SSSR count). The van der Waals surface area contributed by atoms with E-state index in [0.717, 1.165) is 18.7 Å². The molecule has 0 amide bonds. The first kappa shape index (κ1) is 11.7. The molecular formula is C11H17N3O. The smallest absolute Gasteiger partial charge is 0.138 e. The maximum atomic E-state index is 11.5. The minimum atomic E-state index is 0.190. The van der Waals surface area contributed by atoms with Gasteiger partial charge in [-0.2, -0.15) is 0 Å². The number of carbonyl (C=O) groups is 1. The number of ketones is 1. The highest BCUT2D eigenvalue weighted by molar-refractivity contribution is 5.82. The van der Waals surface area contributed by atoms with Crippen molar-refractivity contribution in [3.8, 4) is 0 Å². The van der Waals surface area contributed by atoms with Gasteiger partial charge in [0.15, 0.2) is 0 Å². The average molecular weight is 207 g/mol. The van der Waals surface area contributed by atoms with Crippen LogP contribution in [-0.4, -0.2) is 23.9 Å². The molecule has 0 saturated carbocycles. The van der Waals surface area contributed by atoms with Gasteiger partial charge in [0, 0.05) is 43.0 Å². The Morgan fingerprint density at radius 3 is 3.07 bits per heavy atom. The maximum Gasteiger partial charge on any atom is 0.138 e. The summed E-state index contributed by atoms with van der Waals surface area (Å²) in [5.74, 6) is 0.190. The van der Waals surface area contributed by atoms with Crippen LogP contribution < -0.4 is 11.1 Å². The Hall–Kier alpha value is -1.42. The number of hydrogen-bond acceptors (Lipinski definition) is 4. The van der Waals surface area contributed by atoms with Crippen molar-refractivity contribution >= 4 is 11.5 Å². The molecule has 1 heterocycles. The number of carbonyl (C=O) groups excluding carboxylic acids is 1. The van der Waals surface area contributed by atoms with Crippen LogP contribution in [-0.2, 0) is 11.2 Å². The first-order chi connectivity index (χ1) is 7.24. The molecule has 0 aliphatic carbocycles. The molecule has 4 nitrogen and oxygen atoms in total. The molecule has 0 atom stereocenters. The van der Waals surface area contributed by atoms with Crippen LogP contribution in [0.3, 0.4) is 0 Å². The third-order valence-electron chi connectivity index (χ3n) is 2.16. The van der Waals surface area contributed by atoms with Crippen molar-refractivity contribution in [2.45, 2.75) is 19.8 Å². The second-order valence-corrected chi connectivity index (χ2v) is 3.39. The normalized spacial score (nSPS) is 10.2. The second kappa shape index (κ2) is 6.14. The van der Waals surface area contributed by atoms with Gasteiger partial charge < -0.3 is 11.1 Å². The minimum absolute atomic E-state index is 0.190. The van der Waals surface area contributed by atoms with Crippen molar-refractivity contribution in [1.29, 1.82) is 0 Å². The lowest BCUT2D eigenvalue weighted by Crippen LogP contribution is -2.18. The van der Waals surface area contributed by atoms with Crippen molar-refractivity contribution < 1.29 is 4.79 Å². The first-order valence-electron chi connectivity index (χ1n) is 5.14. The van der Waals surface area contributed by atoms with Gasteiger partial charge in [0.05, 0.1) is 0 Å². The van der Waals surface area contributed by atoms with E-state index in [1.165, 1.54) is 0 Å². The first-order valence-corrected chi connectivity index (χ1v) is 5.14. The zero-order valence-corrected chi connectivity index (χ0v) is 8.99. The van der Waals surface area contributed by atoms with Crippen LogP contribution in [0.1, 0.15) is 18.9 Å². The average Bonchev–Trinajstić information content (AvgIpc) is 2.22. The maximum absolute atomic E-state index is 11.5. The van der Waals surface area contributed by atoms with Crippen molar-refractivity contribution in [2.24, 2.45) is 0 Å². The van der Waals surface area contributed by atoms with Gasteiger partial charge in [-0.25, -0.2) is 0 Å². The van der Waals surface area contributed by atoms with Crippen LogP contribution in [0.15, 0.2) is 18.5 Å². The Kier molecular flexibility index (Phi) is 4.77. The zero-order chi connectivity index (χ0) is 11.1. The van der Waals surface area contributed by atoms with Gasteiger partial charge in [0.2, 0.25) is 0 Å².